The number of para-hydroxylation sites is 2. The fourth-order valence-electron chi connectivity index (χ4n) is 3.14. The molecule has 0 saturated heterocycles. The zero-order valence-electron chi connectivity index (χ0n) is 16.7. The Morgan fingerprint density at radius 1 is 1.07 bits per heavy atom. The third-order valence-electron chi connectivity index (χ3n) is 4.81. The van der Waals surface area contributed by atoms with Crippen LogP contribution >= 0.6 is 0 Å². The van der Waals surface area contributed by atoms with Gasteiger partial charge in [0.2, 0.25) is 0 Å². The van der Waals surface area contributed by atoms with E-state index in [9.17, 15) is 10.1 Å². The molecule has 3 rings (SSSR count). The molecule has 0 saturated carbocycles. The number of rotatable bonds is 7. The number of carbonyl (C=O) groups excluding carboxylic acids is 1. The van der Waals surface area contributed by atoms with E-state index in [0.29, 0.717) is 29.4 Å². The first-order valence-electron chi connectivity index (χ1n) is 9.24. The molecule has 6 heteroatoms. The summed E-state index contributed by atoms with van der Waals surface area (Å²) in [5.74, 6) is 1.18. The number of anilines is 1. The van der Waals surface area contributed by atoms with E-state index in [2.05, 4.69) is 11.4 Å². The molecule has 2 aromatic carbocycles. The Morgan fingerprint density at radius 2 is 1.72 bits per heavy atom. The lowest BCUT2D eigenvalue weighted by Gasteiger charge is -2.14. The standard InChI is InChI=1S/C23H23N3O3/c1-16-17(2)26(14-18-9-5-4-6-10-18)23(19(16)13-24)25-22(27)15-29-21-12-8-7-11-20(21)28-3/h4-12H,14-15H2,1-3H3,(H,25,27). The molecule has 1 aromatic heterocycles. The van der Waals surface area contributed by atoms with E-state index in [1.807, 2.05) is 54.8 Å². The van der Waals surface area contributed by atoms with Crippen LogP contribution in [-0.2, 0) is 11.3 Å². The molecular weight excluding hydrogens is 366 g/mol. The van der Waals surface area contributed by atoms with Crippen LogP contribution in [0.25, 0.3) is 0 Å². The van der Waals surface area contributed by atoms with Crippen molar-refractivity contribution in [1.29, 1.82) is 5.26 Å². The van der Waals surface area contributed by atoms with Crippen LogP contribution in [0.15, 0.2) is 54.6 Å². The van der Waals surface area contributed by atoms with Crippen molar-refractivity contribution in [2.45, 2.75) is 20.4 Å². The number of ether oxygens (including phenoxy) is 2. The van der Waals surface area contributed by atoms with Crippen molar-refractivity contribution in [3.63, 3.8) is 0 Å². The number of nitrogens with zero attached hydrogens (tertiary/aromatic N) is 2. The number of nitrogens with one attached hydrogen (secondary N) is 1. The van der Waals surface area contributed by atoms with Gasteiger partial charge in [0.1, 0.15) is 11.9 Å². The Bertz CT molecular complexity index is 1050. The second kappa shape index (κ2) is 8.98. The predicted octanol–water partition coefficient (Wildman–Crippen LogP) is 4.05. The van der Waals surface area contributed by atoms with E-state index in [0.717, 1.165) is 16.8 Å². The number of nitriles is 1. The maximum absolute atomic E-state index is 12.6. The first kappa shape index (κ1) is 20.0. The van der Waals surface area contributed by atoms with Gasteiger partial charge in [-0.15, -0.1) is 0 Å². The summed E-state index contributed by atoms with van der Waals surface area (Å²) >= 11 is 0. The van der Waals surface area contributed by atoms with Crippen LogP contribution in [0.5, 0.6) is 11.5 Å². The van der Waals surface area contributed by atoms with Gasteiger partial charge in [-0.2, -0.15) is 5.26 Å². The van der Waals surface area contributed by atoms with Gasteiger partial charge in [0.15, 0.2) is 18.1 Å². The number of aromatic nitrogens is 1. The van der Waals surface area contributed by atoms with Crippen LogP contribution in [0.2, 0.25) is 0 Å². The lowest BCUT2D eigenvalue weighted by Crippen LogP contribution is -2.23. The minimum Gasteiger partial charge on any atom is -0.493 e. The largest absolute Gasteiger partial charge is 0.493 e. The fraction of sp³-hybridized carbons (Fsp3) is 0.217. The molecule has 0 atom stereocenters. The number of hydrogen-bond donors (Lipinski definition) is 1. The number of carbonyl (C=O) groups is 1. The highest BCUT2D eigenvalue weighted by Gasteiger charge is 2.20. The Balaban J connectivity index is 1.81. The molecule has 6 nitrogen and oxygen atoms in total. The van der Waals surface area contributed by atoms with Crippen molar-refractivity contribution < 1.29 is 14.3 Å². The first-order valence-corrected chi connectivity index (χ1v) is 9.24. The van der Waals surface area contributed by atoms with Crippen molar-refractivity contribution in [2.75, 3.05) is 19.0 Å². The van der Waals surface area contributed by atoms with Crippen LogP contribution in [0.1, 0.15) is 22.4 Å². The monoisotopic (exact) mass is 389 g/mol. The zero-order chi connectivity index (χ0) is 20.8. The molecule has 0 unspecified atom stereocenters. The normalized spacial score (nSPS) is 10.3. The fourth-order valence-corrected chi connectivity index (χ4v) is 3.14. The lowest BCUT2D eigenvalue weighted by molar-refractivity contribution is -0.118. The van der Waals surface area contributed by atoms with Gasteiger partial charge in [-0.3, -0.25) is 4.79 Å². The minimum absolute atomic E-state index is 0.195. The highest BCUT2D eigenvalue weighted by molar-refractivity contribution is 5.93. The van der Waals surface area contributed by atoms with E-state index in [1.54, 1.807) is 25.3 Å². The Hall–Kier alpha value is -3.72. The first-order chi connectivity index (χ1) is 14.0. The smallest absolute Gasteiger partial charge is 0.263 e. The van der Waals surface area contributed by atoms with E-state index in [4.69, 9.17) is 9.47 Å². The molecule has 0 aliphatic heterocycles. The van der Waals surface area contributed by atoms with Crippen molar-refractivity contribution >= 4 is 11.7 Å². The van der Waals surface area contributed by atoms with Crippen LogP contribution < -0.4 is 14.8 Å². The molecular formula is C23H23N3O3. The number of hydrogen-bond acceptors (Lipinski definition) is 4. The van der Waals surface area contributed by atoms with Gasteiger partial charge in [-0.05, 0) is 37.1 Å². The van der Waals surface area contributed by atoms with Crippen molar-refractivity contribution in [3.05, 3.63) is 77.0 Å². The number of benzene rings is 2. The zero-order valence-corrected chi connectivity index (χ0v) is 16.7. The third-order valence-corrected chi connectivity index (χ3v) is 4.81. The van der Waals surface area contributed by atoms with E-state index in [1.165, 1.54) is 0 Å². The number of methoxy groups -OCH3 is 1. The second-order valence-corrected chi connectivity index (χ2v) is 6.61. The van der Waals surface area contributed by atoms with Crippen LogP contribution in [0.4, 0.5) is 5.82 Å². The lowest BCUT2D eigenvalue weighted by atomic mass is 10.2. The van der Waals surface area contributed by atoms with Crippen LogP contribution in [0.3, 0.4) is 0 Å². The Labute approximate surface area is 170 Å². The van der Waals surface area contributed by atoms with E-state index in [-0.39, 0.29) is 12.5 Å². The van der Waals surface area contributed by atoms with Crippen molar-refractivity contribution in [3.8, 4) is 17.6 Å². The van der Waals surface area contributed by atoms with Crippen LogP contribution in [0, 0.1) is 25.2 Å². The molecule has 1 heterocycles. The summed E-state index contributed by atoms with van der Waals surface area (Å²) in [6.45, 7) is 4.19. The second-order valence-electron chi connectivity index (χ2n) is 6.61. The molecule has 1 amide bonds. The van der Waals surface area contributed by atoms with E-state index >= 15 is 0 Å². The van der Waals surface area contributed by atoms with Gasteiger partial charge in [-0.25, -0.2) is 0 Å². The quantitative estimate of drug-likeness (QED) is 0.661. The third kappa shape index (κ3) is 4.41. The number of amides is 1. The highest BCUT2D eigenvalue weighted by atomic mass is 16.5. The molecule has 0 radical (unpaired) electrons. The molecule has 0 aliphatic carbocycles. The summed E-state index contributed by atoms with van der Waals surface area (Å²) in [5, 5.41) is 12.5. The van der Waals surface area contributed by atoms with Gasteiger partial charge in [0.05, 0.1) is 12.7 Å². The summed E-state index contributed by atoms with van der Waals surface area (Å²) in [6, 6.07) is 19.2. The maximum atomic E-state index is 12.6. The Kier molecular flexibility index (Phi) is 6.20. The SMILES string of the molecule is COc1ccccc1OCC(=O)Nc1c(C#N)c(C)c(C)n1Cc1ccccc1. The molecule has 0 aliphatic rings. The van der Waals surface area contributed by atoms with Gasteiger partial charge in [0, 0.05) is 12.2 Å². The molecule has 0 spiro atoms. The summed E-state index contributed by atoms with van der Waals surface area (Å²) in [7, 11) is 1.55. The average molecular weight is 389 g/mol. The minimum atomic E-state index is -0.348. The maximum Gasteiger partial charge on any atom is 0.263 e. The predicted molar refractivity (Wildman–Crippen MR) is 111 cm³/mol. The molecule has 29 heavy (non-hydrogen) atoms. The molecule has 1 N–H and O–H groups in total. The Morgan fingerprint density at radius 3 is 2.38 bits per heavy atom. The molecule has 148 valence electrons. The average Bonchev–Trinajstić information content (AvgIpc) is 2.97. The summed E-state index contributed by atoms with van der Waals surface area (Å²) in [6.07, 6.45) is 0. The summed E-state index contributed by atoms with van der Waals surface area (Å²) in [5.41, 5.74) is 3.33. The molecule has 3 aromatic rings. The molecule has 0 bridgehead atoms. The topological polar surface area (TPSA) is 76.3 Å². The van der Waals surface area contributed by atoms with Crippen molar-refractivity contribution in [1.82, 2.24) is 4.57 Å². The van der Waals surface area contributed by atoms with Gasteiger partial charge < -0.3 is 19.4 Å². The molecule has 0 fully saturated rings. The van der Waals surface area contributed by atoms with Gasteiger partial charge in [0.25, 0.3) is 5.91 Å². The van der Waals surface area contributed by atoms with Gasteiger partial charge >= 0.3 is 0 Å². The van der Waals surface area contributed by atoms with E-state index < -0.39 is 0 Å². The van der Waals surface area contributed by atoms with Crippen molar-refractivity contribution in [2.24, 2.45) is 0 Å². The highest BCUT2D eigenvalue weighted by Crippen LogP contribution is 2.28. The summed E-state index contributed by atoms with van der Waals surface area (Å²) in [4.78, 5) is 12.6. The van der Waals surface area contributed by atoms with Crippen LogP contribution in [-0.4, -0.2) is 24.2 Å². The van der Waals surface area contributed by atoms with Gasteiger partial charge in [-0.1, -0.05) is 42.5 Å². The summed E-state index contributed by atoms with van der Waals surface area (Å²) < 4.78 is 12.8.